The average Bonchev–Trinajstić information content (AvgIpc) is 3.59. The fourth-order valence-corrected chi connectivity index (χ4v) is 4.63. The molecule has 3 aromatic rings. The monoisotopic (exact) mass is 587 g/mol. The highest BCUT2D eigenvalue weighted by Gasteiger charge is 2.32. The summed E-state index contributed by atoms with van der Waals surface area (Å²) in [5.74, 6) is -4.68. The number of aliphatic carboxylic acids is 2. The van der Waals surface area contributed by atoms with Gasteiger partial charge in [0.05, 0.1) is 18.8 Å². The summed E-state index contributed by atoms with van der Waals surface area (Å²) in [5.41, 5.74) is 8.32. The summed E-state index contributed by atoms with van der Waals surface area (Å²) >= 11 is 1.42. The molecule has 14 nitrogen and oxygen atoms in total. The number of nitrogens with two attached hydrogens (primary N) is 1. The van der Waals surface area contributed by atoms with Crippen LogP contribution in [0.4, 0.5) is 0 Å². The summed E-state index contributed by atoms with van der Waals surface area (Å²) in [5, 5.41) is 27.0. The van der Waals surface area contributed by atoms with E-state index in [4.69, 9.17) is 5.73 Å². The molecule has 3 amide bonds. The van der Waals surface area contributed by atoms with E-state index in [0.29, 0.717) is 11.4 Å². The van der Waals surface area contributed by atoms with Gasteiger partial charge in [-0.15, -0.1) is 0 Å². The molecule has 220 valence electrons. The molecule has 2 aromatic heterocycles. The molecule has 9 N–H and O–H groups in total. The van der Waals surface area contributed by atoms with Crippen molar-refractivity contribution in [1.82, 2.24) is 30.9 Å². The Kier molecular flexibility index (Phi) is 11.3. The number of carbonyl (C=O) groups excluding carboxylic acids is 3. The Morgan fingerprint density at radius 2 is 1.63 bits per heavy atom. The summed E-state index contributed by atoms with van der Waals surface area (Å²) in [7, 11) is 0. The van der Waals surface area contributed by atoms with Gasteiger partial charge in [-0.1, -0.05) is 18.2 Å². The highest BCUT2D eigenvalue weighted by atomic mass is 32.2. The zero-order chi connectivity index (χ0) is 29.9. The summed E-state index contributed by atoms with van der Waals surface area (Å²) in [4.78, 5) is 71.9. The van der Waals surface area contributed by atoms with Gasteiger partial charge in [0, 0.05) is 35.4 Å². The second-order valence-corrected chi connectivity index (χ2v) is 10.3. The number of carboxylic acids is 2. The van der Waals surface area contributed by atoms with Crippen molar-refractivity contribution >= 4 is 52.3 Å². The van der Waals surface area contributed by atoms with Gasteiger partial charge in [0.15, 0.2) is 0 Å². The molecule has 1 aromatic carbocycles. The number of carbonyl (C=O) groups is 5. The van der Waals surface area contributed by atoms with Gasteiger partial charge >= 0.3 is 11.9 Å². The van der Waals surface area contributed by atoms with Crippen LogP contribution >= 0.6 is 11.8 Å². The average molecular weight is 588 g/mol. The first-order chi connectivity index (χ1) is 19.6. The maximum atomic E-state index is 13.2. The minimum Gasteiger partial charge on any atom is -0.481 e. The number of aromatic nitrogens is 3. The molecule has 2 heterocycles. The fourth-order valence-electron chi connectivity index (χ4n) is 4.16. The van der Waals surface area contributed by atoms with Crippen molar-refractivity contribution in [1.29, 1.82) is 0 Å². The van der Waals surface area contributed by atoms with Crippen molar-refractivity contribution in [2.75, 3.05) is 12.0 Å². The zero-order valence-electron chi connectivity index (χ0n) is 22.3. The molecule has 4 unspecified atom stereocenters. The minimum atomic E-state index is -1.60. The number of amides is 3. The van der Waals surface area contributed by atoms with Gasteiger partial charge in [0.2, 0.25) is 17.7 Å². The lowest BCUT2D eigenvalue weighted by molar-refractivity contribution is -0.143. The van der Waals surface area contributed by atoms with Crippen LogP contribution in [0.1, 0.15) is 24.1 Å². The Bertz CT molecular complexity index is 1360. The van der Waals surface area contributed by atoms with Crippen molar-refractivity contribution in [2.45, 2.75) is 49.9 Å². The molecule has 41 heavy (non-hydrogen) atoms. The molecule has 0 saturated carbocycles. The molecule has 4 atom stereocenters. The first-order valence-corrected chi connectivity index (χ1v) is 14.1. The lowest BCUT2D eigenvalue weighted by Crippen LogP contribution is -2.58. The number of fused-ring (bicyclic) bond motifs is 1. The molecular formula is C26H33N7O7S. The summed E-state index contributed by atoms with van der Waals surface area (Å²) in [6.45, 7) is 0. The fraction of sp³-hybridized carbons (Fsp3) is 0.385. The van der Waals surface area contributed by atoms with Gasteiger partial charge in [-0.25, -0.2) is 9.78 Å². The van der Waals surface area contributed by atoms with Crippen molar-refractivity contribution < 1.29 is 34.2 Å². The molecule has 0 aliphatic carbocycles. The number of imidazole rings is 1. The van der Waals surface area contributed by atoms with Gasteiger partial charge in [-0.2, -0.15) is 11.8 Å². The van der Waals surface area contributed by atoms with Crippen LogP contribution in [0, 0.1) is 0 Å². The molecule has 0 bridgehead atoms. The Labute approximate surface area is 239 Å². The summed E-state index contributed by atoms with van der Waals surface area (Å²) in [6, 6.07) is 2.42. The predicted molar refractivity (Wildman–Crippen MR) is 151 cm³/mol. The number of benzene rings is 1. The third kappa shape index (κ3) is 9.08. The van der Waals surface area contributed by atoms with Gasteiger partial charge in [-0.05, 0) is 36.5 Å². The molecule has 3 rings (SSSR count). The molecule has 0 aliphatic heterocycles. The van der Waals surface area contributed by atoms with Crippen molar-refractivity contribution in [3.05, 3.63) is 54.2 Å². The lowest BCUT2D eigenvalue weighted by atomic mass is 10.0. The second-order valence-electron chi connectivity index (χ2n) is 9.35. The Balaban J connectivity index is 1.68. The van der Waals surface area contributed by atoms with Crippen LogP contribution in [0.15, 0.2) is 43.0 Å². The minimum absolute atomic E-state index is 0.143. The molecule has 0 spiro atoms. The van der Waals surface area contributed by atoms with E-state index in [1.54, 1.807) is 6.20 Å². The number of rotatable bonds is 16. The van der Waals surface area contributed by atoms with Crippen LogP contribution in [0.2, 0.25) is 0 Å². The van der Waals surface area contributed by atoms with E-state index in [0.717, 1.165) is 16.5 Å². The SMILES string of the molecule is CSCCC(NC(=O)C(N)Cc1c[nH]c2ccccc12)C(=O)NC(CC(=O)O)C(=O)NC(Cc1cnc[nH]1)C(=O)O. The van der Waals surface area contributed by atoms with Crippen LogP contribution in [-0.2, 0) is 36.8 Å². The molecule has 0 radical (unpaired) electrons. The Morgan fingerprint density at radius 1 is 0.951 bits per heavy atom. The van der Waals surface area contributed by atoms with Crippen LogP contribution in [-0.4, -0.2) is 91.0 Å². The zero-order valence-corrected chi connectivity index (χ0v) is 23.1. The highest BCUT2D eigenvalue weighted by Crippen LogP contribution is 2.19. The predicted octanol–water partition coefficient (Wildman–Crippen LogP) is -0.230. The van der Waals surface area contributed by atoms with Crippen molar-refractivity contribution in [3.63, 3.8) is 0 Å². The largest absolute Gasteiger partial charge is 0.481 e. The number of nitrogens with zero attached hydrogens (tertiary/aromatic N) is 1. The first-order valence-electron chi connectivity index (χ1n) is 12.7. The van der Waals surface area contributed by atoms with Gasteiger partial charge in [0.1, 0.15) is 18.1 Å². The maximum absolute atomic E-state index is 13.2. The number of para-hydroxylation sites is 1. The van der Waals surface area contributed by atoms with Crippen LogP contribution in [0.25, 0.3) is 10.9 Å². The van der Waals surface area contributed by atoms with Gasteiger partial charge in [-0.3, -0.25) is 19.2 Å². The smallest absolute Gasteiger partial charge is 0.326 e. The third-order valence-electron chi connectivity index (χ3n) is 6.30. The van der Waals surface area contributed by atoms with E-state index >= 15 is 0 Å². The summed E-state index contributed by atoms with van der Waals surface area (Å²) < 4.78 is 0. The third-order valence-corrected chi connectivity index (χ3v) is 6.94. The normalized spacial score (nSPS) is 14.0. The standard InChI is InChI=1S/C26H33N7O7S/c1-41-7-6-19(31-23(36)17(27)8-14-11-29-18-5-3-2-4-16(14)18)24(37)32-20(10-22(34)35)25(38)33-21(26(39)40)9-15-12-28-13-30-15/h2-5,11-13,17,19-21,29H,6-10,27H2,1H3,(H,28,30)(H,31,36)(H,32,37)(H,33,38)(H,34,35)(H,39,40). The second kappa shape index (κ2) is 14.9. The Morgan fingerprint density at radius 3 is 2.29 bits per heavy atom. The molecule has 0 fully saturated rings. The number of nitrogens with one attached hydrogen (secondary N) is 5. The number of aromatic amines is 2. The van der Waals surface area contributed by atoms with Gasteiger partial charge < -0.3 is 41.9 Å². The number of hydrogen-bond acceptors (Lipinski definition) is 8. The number of hydrogen-bond donors (Lipinski definition) is 8. The topological polar surface area (TPSA) is 232 Å². The first kappa shape index (κ1) is 31.2. The lowest BCUT2D eigenvalue weighted by Gasteiger charge is -2.24. The van der Waals surface area contributed by atoms with E-state index in [1.807, 2.05) is 30.5 Å². The van der Waals surface area contributed by atoms with E-state index in [-0.39, 0.29) is 19.3 Å². The van der Waals surface area contributed by atoms with Crippen LogP contribution < -0.4 is 21.7 Å². The van der Waals surface area contributed by atoms with Crippen molar-refractivity contribution in [2.24, 2.45) is 5.73 Å². The van der Waals surface area contributed by atoms with E-state index in [9.17, 15) is 34.2 Å². The maximum Gasteiger partial charge on any atom is 0.326 e. The molecule has 0 aliphatic rings. The Hall–Kier alpha value is -4.37. The molecular weight excluding hydrogens is 554 g/mol. The number of H-pyrrole nitrogens is 2. The van der Waals surface area contributed by atoms with Crippen molar-refractivity contribution in [3.8, 4) is 0 Å². The number of carboxylic acid groups (broad SMARTS) is 2. The van der Waals surface area contributed by atoms with Gasteiger partial charge in [0.25, 0.3) is 0 Å². The number of thioether (sulfide) groups is 1. The van der Waals surface area contributed by atoms with E-state index in [2.05, 4.69) is 30.9 Å². The quantitative estimate of drug-likeness (QED) is 0.110. The van der Waals surface area contributed by atoms with Crippen LogP contribution in [0.5, 0.6) is 0 Å². The van der Waals surface area contributed by atoms with E-state index < -0.39 is 60.2 Å². The molecule has 0 saturated heterocycles. The summed E-state index contributed by atoms with van der Waals surface area (Å²) in [6.07, 6.45) is 5.74. The molecule has 15 heteroatoms. The van der Waals surface area contributed by atoms with E-state index in [1.165, 1.54) is 24.3 Å². The van der Waals surface area contributed by atoms with Crippen LogP contribution in [0.3, 0.4) is 0 Å². The highest BCUT2D eigenvalue weighted by molar-refractivity contribution is 7.98.